The first-order chi connectivity index (χ1) is 14.3. The van der Waals surface area contributed by atoms with Crippen LogP contribution in [0.3, 0.4) is 0 Å². The molecule has 0 fully saturated rings. The molecule has 0 unspecified atom stereocenters. The zero-order valence-electron chi connectivity index (χ0n) is 15.9. The van der Waals surface area contributed by atoms with Gasteiger partial charge in [-0.2, -0.15) is 0 Å². The van der Waals surface area contributed by atoms with Crippen LogP contribution in [-0.4, -0.2) is 15.0 Å². The standard InChI is InChI=1S/C26H21OPSe/c27-28(23-15-7-2-8-16-23,24-17-9-3-10-18-24)21-26(22-13-5-1-6-14-22)29-25-19-11-4-12-20-25/h1-21H/b26-21+. The Morgan fingerprint density at radius 3 is 1.48 bits per heavy atom. The quantitative estimate of drug-likeness (QED) is 0.292. The van der Waals surface area contributed by atoms with Crippen molar-refractivity contribution in [3.05, 3.63) is 133 Å². The van der Waals surface area contributed by atoms with Crippen LogP contribution < -0.4 is 15.1 Å². The SMILES string of the molecule is O=P(/C=C(/[Se]c1ccccc1)c1ccccc1)(c1ccccc1)c1ccccc1. The van der Waals surface area contributed by atoms with E-state index < -0.39 is 7.14 Å². The Morgan fingerprint density at radius 2 is 1.00 bits per heavy atom. The summed E-state index contributed by atoms with van der Waals surface area (Å²) < 4.78 is 16.9. The average molecular weight is 459 g/mol. The molecular formula is C26H21OPSe. The van der Waals surface area contributed by atoms with Crippen LogP contribution in [0.15, 0.2) is 127 Å². The van der Waals surface area contributed by atoms with Crippen LogP contribution in [0.5, 0.6) is 0 Å². The van der Waals surface area contributed by atoms with E-state index in [1.54, 1.807) is 0 Å². The van der Waals surface area contributed by atoms with E-state index in [4.69, 9.17) is 0 Å². The Kier molecular flexibility index (Phi) is 6.27. The van der Waals surface area contributed by atoms with Gasteiger partial charge in [0.1, 0.15) is 0 Å². The molecule has 0 N–H and O–H groups in total. The molecule has 0 aliphatic carbocycles. The van der Waals surface area contributed by atoms with Crippen molar-refractivity contribution in [2.75, 3.05) is 0 Å². The molecule has 4 aromatic carbocycles. The Balaban J connectivity index is 1.90. The summed E-state index contributed by atoms with van der Waals surface area (Å²) in [4.78, 5) is 0. The molecule has 0 amide bonds. The summed E-state index contributed by atoms with van der Waals surface area (Å²) in [5.41, 5.74) is 1.13. The molecular weight excluding hydrogens is 438 g/mol. The second-order valence-corrected chi connectivity index (χ2v) is 11.6. The maximum absolute atomic E-state index is 14.5. The van der Waals surface area contributed by atoms with Gasteiger partial charge in [-0.25, -0.2) is 0 Å². The van der Waals surface area contributed by atoms with E-state index in [2.05, 4.69) is 36.4 Å². The minimum atomic E-state index is -2.93. The molecule has 3 heteroatoms. The minimum absolute atomic E-state index is 0.0435. The van der Waals surface area contributed by atoms with E-state index in [1.807, 2.05) is 90.7 Å². The van der Waals surface area contributed by atoms with Crippen LogP contribution in [0.2, 0.25) is 0 Å². The van der Waals surface area contributed by atoms with Crippen LogP contribution in [0, 0.1) is 0 Å². The van der Waals surface area contributed by atoms with Gasteiger partial charge in [0.2, 0.25) is 0 Å². The van der Waals surface area contributed by atoms with Crippen LogP contribution in [-0.2, 0) is 4.57 Å². The van der Waals surface area contributed by atoms with E-state index in [1.165, 1.54) is 4.46 Å². The van der Waals surface area contributed by atoms with Crippen molar-refractivity contribution >= 4 is 41.6 Å². The molecule has 0 bridgehead atoms. The van der Waals surface area contributed by atoms with Crippen molar-refractivity contribution in [1.82, 2.24) is 0 Å². The fourth-order valence-corrected chi connectivity index (χ4v) is 8.45. The molecule has 4 aromatic rings. The molecule has 29 heavy (non-hydrogen) atoms. The van der Waals surface area contributed by atoms with Crippen LogP contribution in [0.4, 0.5) is 0 Å². The second-order valence-electron chi connectivity index (χ2n) is 6.60. The van der Waals surface area contributed by atoms with Gasteiger partial charge in [0.25, 0.3) is 0 Å². The van der Waals surface area contributed by atoms with Gasteiger partial charge in [-0.1, -0.05) is 0 Å². The normalized spacial score (nSPS) is 11.9. The maximum atomic E-state index is 14.5. The molecule has 0 saturated heterocycles. The second kappa shape index (κ2) is 9.24. The molecule has 0 radical (unpaired) electrons. The van der Waals surface area contributed by atoms with Gasteiger partial charge in [-0.15, -0.1) is 0 Å². The van der Waals surface area contributed by atoms with Crippen molar-refractivity contribution < 1.29 is 4.57 Å². The number of hydrogen-bond acceptors (Lipinski definition) is 1. The zero-order chi connectivity index (χ0) is 19.9. The number of benzene rings is 4. The molecule has 0 heterocycles. The molecule has 0 atom stereocenters. The van der Waals surface area contributed by atoms with Crippen molar-refractivity contribution in [2.24, 2.45) is 0 Å². The van der Waals surface area contributed by atoms with Crippen molar-refractivity contribution in [3.63, 3.8) is 0 Å². The van der Waals surface area contributed by atoms with Gasteiger partial charge in [0, 0.05) is 0 Å². The Labute approximate surface area is 178 Å². The monoisotopic (exact) mass is 460 g/mol. The molecule has 0 aliphatic rings. The molecule has 142 valence electrons. The first kappa shape index (κ1) is 19.7. The number of rotatable bonds is 6. The summed E-state index contributed by atoms with van der Waals surface area (Å²) in [5, 5.41) is 1.73. The van der Waals surface area contributed by atoms with Gasteiger partial charge >= 0.3 is 179 Å². The van der Waals surface area contributed by atoms with Gasteiger partial charge in [-0.05, 0) is 0 Å². The first-order valence-corrected chi connectivity index (χ1v) is 13.0. The average Bonchev–Trinajstić information content (AvgIpc) is 2.81. The van der Waals surface area contributed by atoms with Crippen molar-refractivity contribution in [1.29, 1.82) is 0 Å². The first-order valence-electron chi connectivity index (χ1n) is 9.48. The summed E-state index contributed by atoms with van der Waals surface area (Å²) in [5.74, 6) is 2.04. The predicted molar refractivity (Wildman–Crippen MR) is 126 cm³/mol. The van der Waals surface area contributed by atoms with Gasteiger partial charge in [0.15, 0.2) is 0 Å². The third-order valence-electron chi connectivity index (χ3n) is 4.61. The molecule has 1 nitrogen and oxygen atoms in total. The third-order valence-corrected chi connectivity index (χ3v) is 10.0. The van der Waals surface area contributed by atoms with Crippen LogP contribution >= 0.6 is 7.14 Å². The van der Waals surface area contributed by atoms with E-state index in [-0.39, 0.29) is 15.0 Å². The van der Waals surface area contributed by atoms with E-state index in [0.717, 1.165) is 20.6 Å². The Morgan fingerprint density at radius 1 is 0.586 bits per heavy atom. The van der Waals surface area contributed by atoms with Crippen molar-refractivity contribution in [3.8, 4) is 0 Å². The summed E-state index contributed by atoms with van der Waals surface area (Å²) in [6.07, 6.45) is 0. The van der Waals surface area contributed by atoms with Gasteiger partial charge < -0.3 is 0 Å². The van der Waals surface area contributed by atoms with E-state index in [9.17, 15) is 4.57 Å². The fraction of sp³-hybridized carbons (Fsp3) is 0. The summed E-state index contributed by atoms with van der Waals surface area (Å²) in [6.45, 7) is 0. The number of hydrogen-bond donors (Lipinski definition) is 0. The van der Waals surface area contributed by atoms with E-state index in [0.29, 0.717) is 0 Å². The molecule has 4 rings (SSSR count). The fourth-order valence-electron chi connectivity index (χ4n) is 3.14. The molecule has 0 saturated carbocycles. The summed E-state index contributed by atoms with van der Waals surface area (Å²) in [6, 6.07) is 40.4. The zero-order valence-corrected chi connectivity index (χ0v) is 18.5. The topological polar surface area (TPSA) is 17.1 Å². The predicted octanol–water partition coefficient (Wildman–Crippen LogP) is 5.03. The molecule has 0 aliphatic heterocycles. The third kappa shape index (κ3) is 4.69. The van der Waals surface area contributed by atoms with Gasteiger partial charge in [-0.3, -0.25) is 0 Å². The van der Waals surface area contributed by atoms with Crippen LogP contribution in [0.25, 0.3) is 4.47 Å². The summed E-state index contributed by atoms with van der Waals surface area (Å²) >= 11 is 0.0435. The van der Waals surface area contributed by atoms with Gasteiger partial charge in [0.05, 0.1) is 0 Å². The van der Waals surface area contributed by atoms with E-state index >= 15 is 0 Å². The van der Waals surface area contributed by atoms with Crippen LogP contribution in [0.1, 0.15) is 5.56 Å². The Bertz CT molecular complexity index is 1080. The molecule has 0 aromatic heterocycles. The molecule has 0 spiro atoms. The Hall–Kier alpha value is -2.63. The van der Waals surface area contributed by atoms with Crippen molar-refractivity contribution in [2.45, 2.75) is 0 Å². The summed E-state index contributed by atoms with van der Waals surface area (Å²) in [7, 11) is -2.93.